The van der Waals surface area contributed by atoms with Gasteiger partial charge in [-0.1, -0.05) is 29.9 Å². The maximum atomic E-state index is 14.5. The number of benzene rings is 1. The third-order valence-electron chi connectivity index (χ3n) is 5.56. The zero-order valence-electron chi connectivity index (χ0n) is 30.5. The second-order valence-corrected chi connectivity index (χ2v) is 8.69. The van der Waals surface area contributed by atoms with E-state index in [2.05, 4.69) is 25.6 Å². The molecule has 2 aliphatic carbocycles. The van der Waals surface area contributed by atoms with Crippen LogP contribution in [0.5, 0.6) is 0 Å². The maximum Gasteiger partial charge on any atom is 0.191 e. The number of hydrogen-bond acceptors (Lipinski definition) is 10. The van der Waals surface area contributed by atoms with Gasteiger partial charge < -0.3 is 25.4 Å². The number of halogens is 2. The van der Waals surface area contributed by atoms with Crippen molar-refractivity contribution in [3.05, 3.63) is 35.3 Å². The van der Waals surface area contributed by atoms with Crippen molar-refractivity contribution in [1.82, 2.24) is 25.0 Å². The Morgan fingerprint density at radius 3 is 2.94 bits per heavy atom. The molecule has 194 valence electrons. The molecule has 1 unspecified atom stereocenters. The van der Waals surface area contributed by atoms with Crippen LogP contribution in [0.2, 0.25) is 0 Å². The Hall–Kier alpha value is -2.45. The molecule has 2 aromatic heterocycles. The number of nitrogens with zero attached hydrogens (tertiary/aromatic N) is 5. The summed E-state index contributed by atoms with van der Waals surface area (Å²) in [7, 11) is 0. The number of thioether (sulfide) groups is 1. The molecule has 4 N–H and O–H groups in total. The molecule has 2 saturated carbocycles. The average Bonchev–Trinajstić information content (AvgIpc) is 3.29. The summed E-state index contributed by atoms with van der Waals surface area (Å²) in [5.74, 6) is -6.63. The van der Waals surface area contributed by atoms with Gasteiger partial charge in [-0.15, -0.1) is 5.10 Å². The lowest BCUT2D eigenvalue weighted by Gasteiger charge is -2.17. The molecule has 3 aromatic rings. The van der Waals surface area contributed by atoms with Crippen LogP contribution in [0.25, 0.3) is 11.2 Å². The molecule has 2 fully saturated rings. The van der Waals surface area contributed by atoms with Crippen LogP contribution in [0.15, 0.2) is 23.3 Å². The number of aliphatic hydroxyl groups is 3. The minimum Gasteiger partial charge on any atom is -0.394 e. The van der Waals surface area contributed by atoms with Crippen molar-refractivity contribution in [3.8, 4) is 0 Å². The van der Waals surface area contributed by atoms with E-state index in [0.29, 0.717) is 11.8 Å². The Kier molecular flexibility index (Phi) is 4.22. The van der Waals surface area contributed by atoms with E-state index in [4.69, 9.17) is 21.2 Å². The van der Waals surface area contributed by atoms with E-state index in [9.17, 15) is 24.1 Å². The fraction of sp³-hybridized carbons (Fsp3) is 0.565. The van der Waals surface area contributed by atoms with Gasteiger partial charge in [-0.3, -0.25) is 0 Å². The van der Waals surface area contributed by atoms with Crippen molar-refractivity contribution in [2.45, 2.75) is 67.6 Å². The second-order valence-electron chi connectivity index (χ2n) is 7.83. The molecule has 0 amide bonds. The highest BCUT2D eigenvalue weighted by molar-refractivity contribution is 7.99. The number of aromatic nitrogens is 5. The first-order valence-corrected chi connectivity index (χ1v) is 11.5. The number of nitrogens with one attached hydrogen (secondary N) is 1. The van der Waals surface area contributed by atoms with E-state index in [-0.39, 0.29) is 28.6 Å². The normalized spacial score (nSPS) is 37.1. The second kappa shape index (κ2) is 10.5. The number of anilines is 1. The van der Waals surface area contributed by atoms with E-state index < -0.39 is 103 Å². The molecule has 36 heavy (non-hydrogen) atoms. The van der Waals surface area contributed by atoms with Crippen LogP contribution < -0.4 is 5.32 Å². The van der Waals surface area contributed by atoms with Gasteiger partial charge in [0.05, 0.1) is 34.9 Å². The van der Waals surface area contributed by atoms with Crippen molar-refractivity contribution < 1.29 is 45.3 Å². The summed E-state index contributed by atoms with van der Waals surface area (Å²) in [5, 5.41) is 41.2. The summed E-state index contributed by atoms with van der Waals surface area (Å²) < 4.78 is 130. The molecular weight excluding hydrogens is 494 g/mol. The van der Waals surface area contributed by atoms with Gasteiger partial charge >= 0.3 is 0 Å². The van der Waals surface area contributed by atoms with Gasteiger partial charge in [0.15, 0.2) is 33.8 Å². The maximum absolute atomic E-state index is 14.5. The minimum atomic E-state index is -3.49. The molecule has 2 heterocycles. The summed E-state index contributed by atoms with van der Waals surface area (Å²) in [4.78, 5) is 8.49. The Morgan fingerprint density at radius 1 is 1.33 bits per heavy atom. The molecule has 0 bridgehead atoms. The number of fused-ring (bicyclic) bond motifs is 1. The van der Waals surface area contributed by atoms with Gasteiger partial charge in [-0.2, -0.15) is 0 Å². The highest BCUT2D eigenvalue weighted by Gasteiger charge is 2.45. The molecule has 6 atom stereocenters. The zero-order valence-corrected chi connectivity index (χ0v) is 19.3. The summed E-state index contributed by atoms with van der Waals surface area (Å²) in [6.07, 6.45) is -8.29. The molecular formula is C23H28F2N6O4S. The van der Waals surface area contributed by atoms with Crippen LogP contribution in [0.1, 0.15) is 60.1 Å². The molecule has 13 heteroatoms. The first-order chi connectivity index (χ1) is 21.9. The topological polar surface area (TPSA) is 138 Å². The fourth-order valence-electron chi connectivity index (χ4n) is 3.82. The Balaban J connectivity index is 1.58. The van der Waals surface area contributed by atoms with Crippen molar-refractivity contribution >= 4 is 28.7 Å². The highest BCUT2D eigenvalue weighted by atomic mass is 32.2. The van der Waals surface area contributed by atoms with Crippen molar-refractivity contribution in [2.24, 2.45) is 0 Å². The number of hydrogen-bond donors (Lipinski definition) is 4. The fourth-order valence-corrected chi connectivity index (χ4v) is 4.37. The Morgan fingerprint density at radius 2 is 2.17 bits per heavy atom. The number of rotatable bonds is 10. The monoisotopic (exact) mass is 534 g/mol. The largest absolute Gasteiger partial charge is 0.394 e. The molecule has 0 radical (unpaired) electrons. The van der Waals surface area contributed by atoms with Gasteiger partial charge in [-0.25, -0.2) is 23.4 Å². The predicted octanol–water partition coefficient (Wildman–Crippen LogP) is 2.01. The van der Waals surface area contributed by atoms with E-state index in [0.717, 1.165) is 4.68 Å². The Bertz CT molecular complexity index is 1740. The van der Waals surface area contributed by atoms with Gasteiger partial charge in [0.25, 0.3) is 0 Å². The number of ether oxygens (including phenoxy) is 1. The lowest BCUT2D eigenvalue weighted by Crippen LogP contribution is -2.33. The predicted molar refractivity (Wildman–Crippen MR) is 128 cm³/mol. The first kappa shape index (κ1) is 14.5. The van der Waals surface area contributed by atoms with Gasteiger partial charge in [0.1, 0.15) is 12.2 Å². The molecule has 0 saturated heterocycles. The molecule has 0 spiro atoms. The molecule has 2 aliphatic rings. The lowest BCUT2D eigenvalue weighted by atomic mass is 10.1. The molecule has 1 aromatic carbocycles. The van der Waals surface area contributed by atoms with Crippen LogP contribution in [-0.2, 0) is 4.74 Å². The van der Waals surface area contributed by atoms with Crippen molar-refractivity contribution in [1.29, 1.82) is 0 Å². The van der Waals surface area contributed by atoms with Gasteiger partial charge in [0, 0.05) is 30.9 Å². The summed E-state index contributed by atoms with van der Waals surface area (Å²) in [5.41, 5.74) is -3.34. The highest BCUT2D eigenvalue weighted by Crippen LogP contribution is 2.44. The summed E-state index contributed by atoms with van der Waals surface area (Å²) in [6.45, 7) is -5.27. The van der Waals surface area contributed by atoms with E-state index in [1.54, 1.807) is 0 Å². The third-order valence-corrected chi connectivity index (χ3v) is 6.36. The first-order valence-electron chi connectivity index (χ1n) is 16.7. The molecule has 0 aliphatic heterocycles. The molecule has 10 nitrogen and oxygen atoms in total. The standard InChI is InChI=1S/C23H28F2N6O4S/c1-2-7-36-23-27-21(26-15-9-12(15)11-3-4-13(24)14(25)8-11)18-22(28-23)31(30-29-18)16-10-17(35-6-5-32)20(34)19(16)33/h3-4,8,12,15-17,19-20,32-34H,2,5-7,9-10H2,1H3,(H,26,27,28)/t12?,15-,16+,17-,19-,20+/m0/s1/i3D,4D,5D2,6D2,7D2,8D,9D2,12D. The van der Waals surface area contributed by atoms with Crippen LogP contribution in [-0.4, -0.2) is 83.5 Å². The van der Waals surface area contributed by atoms with Crippen LogP contribution in [0.3, 0.4) is 0 Å². The third kappa shape index (κ3) is 4.90. The number of aliphatic hydroxyl groups excluding tert-OH is 2. The van der Waals surface area contributed by atoms with Gasteiger partial charge in [-0.05, 0) is 30.4 Å². The molecule has 5 rings (SSSR count). The van der Waals surface area contributed by atoms with E-state index in [1.165, 1.54) is 6.92 Å². The summed E-state index contributed by atoms with van der Waals surface area (Å²) in [6, 6.07) is -6.64. The SMILES string of the molecule is [2H]c1c([2H])c(C2([2H])[C@@H](Nc3nc(SC([2H])([2H])CC)nc4c3nnn4[C@@H]3C[C@H](OC([2H])([2H])C([2H])([2H])O)[C@@H](O)[C@H]3O)C2([2H])[2H])c([2H])c(F)c1F. The average molecular weight is 535 g/mol. The van der Waals surface area contributed by atoms with Crippen LogP contribution in [0, 0.1) is 11.6 Å². The van der Waals surface area contributed by atoms with Crippen LogP contribution >= 0.6 is 11.8 Å². The Labute approximate surface area is 226 Å². The van der Waals surface area contributed by atoms with Crippen molar-refractivity contribution in [3.63, 3.8) is 0 Å². The quantitative estimate of drug-likeness (QED) is 0.226. The minimum absolute atomic E-state index is 0.0304. The summed E-state index contributed by atoms with van der Waals surface area (Å²) >= 11 is 0.526. The zero-order chi connectivity index (χ0) is 36.1. The van der Waals surface area contributed by atoms with Crippen LogP contribution in [0.4, 0.5) is 14.6 Å². The van der Waals surface area contributed by atoms with Gasteiger partial charge in [0.2, 0.25) is 0 Å². The lowest BCUT2D eigenvalue weighted by molar-refractivity contribution is -0.0629. The van der Waals surface area contributed by atoms with Crippen molar-refractivity contribution in [2.75, 3.05) is 24.1 Å². The smallest absolute Gasteiger partial charge is 0.191 e. The van der Waals surface area contributed by atoms with E-state index in [1.807, 2.05) is 0 Å². The van der Waals surface area contributed by atoms with E-state index >= 15 is 0 Å².